The zero-order valence-corrected chi connectivity index (χ0v) is 10.2. The van der Waals surface area contributed by atoms with Crippen LogP contribution in [-0.2, 0) is 4.74 Å². The highest BCUT2D eigenvalue weighted by atomic mass is 16.6. The number of nitrogens with one attached hydrogen (secondary N) is 1. The normalized spacial score (nSPS) is 15.9. The SMILES string of the molecule is COC(=O)c1ccc([N+](=O)[O-])c(NC2(C)CC2)c1. The molecule has 0 radical (unpaired) electrons. The number of hydrogen-bond acceptors (Lipinski definition) is 5. The molecule has 1 aromatic rings. The number of hydrogen-bond donors (Lipinski definition) is 1. The third kappa shape index (κ3) is 2.42. The fourth-order valence-corrected chi connectivity index (χ4v) is 1.68. The second-order valence-corrected chi connectivity index (χ2v) is 4.67. The Morgan fingerprint density at radius 1 is 1.50 bits per heavy atom. The zero-order valence-electron chi connectivity index (χ0n) is 10.2. The summed E-state index contributed by atoms with van der Waals surface area (Å²) in [6, 6.07) is 4.18. The van der Waals surface area contributed by atoms with Crippen LogP contribution in [0.1, 0.15) is 30.1 Å². The van der Waals surface area contributed by atoms with Crippen molar-refractivity contribution in [2.75, 3.05) is 12.4 Å². The number of carbonyl (C=O) groups excluding carboxylic acids is 1. The molecule has 0 unspecified atom stereocenters. The number of benzene rings is 1. The summed E-state index contributed by atoms with van der Waals surface area (Å²) in [6.45, 7) is 1.99. The lowest BCUT2D eigenvalue weighted by atomic mass is 10.1. The first-order chi connectivity index (χ1) is 8.45. The Bertz CT molecular complexity index is 509. The molecule has 1 aromatic carbocycles. The molecule has 0 amide bonds. The summed E-state index contributed by atoms with van der Waals surface area (Å²) in [7, 11) is 1.28. The molecule has 6 nitrogen and oxygen atoms in total. The third-order valence-corrected chi connectivity index (χ3v) is 3.05. The molecule has 0 aromatic heterocycles. The van der Waals surface area contributed by atoms with Crippen LogP contribution < -0.4 is 5.32 Å². The lowest BCUT2D eigenvalue weighted by Gasteiger charge is -2.13. The summed E-state index contributed by atoms with van der Waals surface area (Å²) in [5, 5.41) is 14.0. The van der Waals surface area contributed by atoms with Gasteiger partial charge in [-0.2, -0.15) is 0 Å². The number of nitrogens with zero attached hydrogens (tertiary/aromatic N) is 1. The van der Waals surface area contributed by atoms with Gasteiger partial charge in [0.05, 0.1) is 17.6 Å². The van der Waals surface area contributed by atoms with E-state index < -0.39 is 10.9 Å². The van der Waals surface area contributed by atoms with Gasteiger partial charge in [0.2, 0.25) is 0 Å². The topological polar surface area (TPSA) is 81.5 Å². The van der Waals surface area contributed by atoms with Gasteiger partial charge < -0.3 is 10.1 Å². The second kappa shape index (κ2) is 4.29. The predicted molar refractivity (Wildman–Crippen MR) is 65.7 cm³/mol. The van der Waals surface area contributed by atoms with Gasteiger partial charge in [0.15, 0.2) is 0 Å². The number of esters is 1. The molecular formula is C12H14N2O4. The maximum Gasteiger partial charge on any atom is 0.337 e. The molecule has 18 heavy (non-hydrogen) atoms. The van der Waals surface area contributed by atoms with E-state index >= 15 is 0 Å². The molecule has 1 saturated carbocycles. The van der Waals surface area contributed by atoms with Gasteiger partial charge >= 0.3 is 5.97 Å². The Kier molecular flexibility index (Phi) is 2.94. The molecule has 1 aliphatic rings. The molecule has 0 aliphatic heterocycles. The van der Waals surface area contributed by atoms with Crippen molar-refractivity contribution < 1.29 is 14.5 Å². The van der Waals surface area contributed by atoms with Crippen molar-refractivity contribution in [3.05, 3.63) is 33.9 Å². The Morgan fingerprint density at radius 3 is 2.67 bits per heavy atom. The van der Waals surface area contributed by atoms with E-state index in [1.165, 1.54) is 25.3 Å². The molecule has 1 aliphatic carbocycles. The molecule has 1 fully saturated rings. The molecule has 0 spiro atoms. The van der Waals surface area contributed by atoms with Gasteiger partial charge in [-0.3, -0.25) is 10.1 Å². The van der Waals surface area contributed by atoms with Crippen molar-refractivity contribution in [1.82, 2.24) is 0 Å². The minimum atomic E-state index is -0.506. The number of nitro groups is 1. The average molecular weight is 250 g/mol. The van der Waals surface area contributed by atoms with Crippen molar-refractivity contribution in [2.45, 2.75) is 25.3 Å². The maximum absolute atomic E-state index is 11.4. The molecule has 6 heteroatoms. The van der Waals surface area contributed by atoms with Crippen LogP contribution in [0.2, 0.25) is 0 Å². The highest BCUT2D eigenvalue weighted by molar-refractivity contribution is 5.91. The molecule has 0 heterocycles. The Balaban J connectivity index is 2.37. The first-order valence-electron chi connectivity index (χ1n) is 5.60. The first kappa shape index (κ1) is 12.3. The fourth-order valence-electron chi connectivity index (χ4n) is 1.68. The van der Waals surface area contributed by atoms with Gasteiger partial charge in [0.25, 0.3) is 5.69 Å². The van der Waals surface area contributed by atoms with E-state index in [2.05, 4.69) is 10.1 Å². The highest BCUT2D eigenvalue weighted by Crippen LogP contribution is 2.40. The second-order valence-electron chi connectivity index (χ2n) is 4.67. The molecule has 96 valence electrons. The Hall–Kier alpha value is -2.11. The van der Waals surface area contributed by atoms with Crippen LogP contribution in [0.25, 0.3) is 0 Å². The quantitative estimate of drug-likeness (QED) is 0.504. The number of ether oxygens (including phenoxy) is 1. The van der Waals surface area contributed by atoms with Gasteiger partial charge in [0.1, 0.15) is 5.69 Å². The lowest BCUT2D eigenvalue weighted by Crippen LogP contribution is -2.17. The number of anilines is 1. The standard InChI is InChI=1S/C12H14N2O4/c1-12(5-6-12)13-9-7-8(11(15)18-2)3-4-10(9)14(16)17/h3-4,7,13H,5-6H2,1-2H3. The number of carbonyl (C=O) groups is 1. The van der Waals surface area contributed by atoms with E-state index in [4.69, 9.17) is 0 Å². The monoisotopic (exact) mass is 250 g/mol. The van der Waals surface area contributed by atoms with Gasteiger partial charge in [-0.05, 0) is 31.9 Å². The highest BCUT2D eigenvalue weighted by Gasteiger charge is 2.38. The summed E-state index contributed by atoms with van der Waals surface area (Å²) in [6.07, 6.45) is 1.93. The largest absolute Gasteiger partial charge is 0.465 e. The van der Waals surface area contributed by atoms with Crippen LogP contribution in [0.3, 0.4) is 0 Å². The minimum absolute atomic E-state index is 0.0317. The van der Waals surface area contributed by atoms with E-state index in [1.54, 1.807) is 0 Å². The fraction of sp³-hybridized carbons (Fsp3) is 0.417. The van der Waals surface area contributed by atoms with Gasteiger partial charge in [-0.25, -0.2) is 4.79 Å². The Labute approximate surface area is 104 Å². The predicted octanol–water partition coefficient (Wildman–Crippen LogP) is 2.35. The minimum Gasteiger partial charge on any atom is -0.465 e. The summed E-state index contributed by atoms with van der Waals surface area (Å²) < 4.78 is 4.60. The maximum atomic E-state index is 11.4. The number of rotatable bonds is 4. The Morgan fingerprint density at radius 2 is 2.17 bits per heavy atom. The van der Waals surface area contributed by atoms with Crippen LogP contribution >= 0.6 is 0 Å². The van der Waals surface area contributed by atoms with Crippen LogP contribution in [0, 0.1) is 10.1 Å². The lowest BCUT2D eigenvalue weighted by molar-refractivity contribution is -0.384. The molecule has 0 bridgehead atoms. The molecule has 0 saturated heterocycles. The number of nitro benzene ring substituents is 1. The van der Waals surface area contributed by atoms with Crippen molar-refractivity contribution in [3.8, 4) is 0 Å². The zero-order chi connectivity index (χ0) is 13.3. The van der Waals surface area contributed by atoms with Crippen molar-refractivity contribution in [2.24, 2.45) is 0 Å². The van der Waals surface area contributed by atoms with E-state index in [0.717, 1.165) is 12.8 Å². The molecule has 2 rings (SSSR count). The third-order valence-electron chi connectivity index (χ3n) is 3.05. The molecular weight excluding hydrogens is 236 g/mol. The van der Waals surface area contributed by atoms with Gasteiger partial charge in [-0.15, -0.1) is 0 Å². The summed E-state index contributed by atoms with van der Waals surface area (Å²) in [5.41, 5.74) is 0.535. The van der Waals surface area contributed by atoms with Gasteiger partial charge in [0, 0.05) is 11.6 Å². The van der Waals surface area contributed by atoms with E-state index in [0.29, 0.717) is 11.3 Å². The first-order valence-corrected chi connectivity index (χ1v) is 5.60. The number of methoxy groups -OCH3 is 1. The van der Waals surface area contributed by atoms with Crippen molar-refractivity contribution >= 4 is 17.3 Å². The smallest absolute Gasteiger partial charge is 0.337 e. The summed E-state index contributed by atoms with van der Waals surface area (Å²) in [5.74, 6) is -0.506. The van der Waals surface area contributed by atoms with E-state index in [1.807, 2.05) is 6.92 Å². The van der Waals surface area contributed by atoms with Crippen LogP contribution in [0.4, 0.5) is 11.4 Å². The van der Waals surface area contributed by atoms with E-state index in [-0.39, 0.29) is 11.2 Å². The van der Waals surface area contributed by atoms with Crippen LogP contribution in [-0.4, -0.2) is 23.5 Å². The summed E-state index contributed by atoms with van der Waals surface area (Å²) >= 11 is 0. The van der Waals surface area contributed by atoms with Crippen molar-refractivity contribution in [1.29, 1.82) is 0 Å². The average Bonchev–Trinajstić information content (AvgIpc) is 3.05. The summed E-state index contributed by atoms with van der Waals surface area (Å²) in [4.78, 5) is 21.9. The van der Waals surface area contributed by atoms with Gasteiger partial charge in [-0.1, -0.05) is 0 Å². The molecule has 1 N–H and O–H groups in total. The van der Waals surface area contributed by atoms with Crippen LogP contribution in [0.5, 0.6) is 0 Å². The molecule has 0 atom stereocenters. The van der Waals surface area contributed by atoms with Crippen molar-refractivity contribution in [3.63, 3.8) is 0 Å². The van der Waals surface area contributed by atoms with E-state index in [9.17, 15) is 14.9 Å². The van der Waals surface area contributed by atoms with Crippen LogP contribution in [0.15, 0.2) is 18.2 Å².